The number of amides is 3. The van der Waals surface area contributed by atoms with E-state index in [9.17, 15) is 9.59 Å². The lowest BCUT2D eigenvalue weighted by atomic mass is 9.98. The van der Waals surface area contributed by atoms with Crippen LogP contribution in [0.15, 0.2) is 24.3 Å². The zero-order chi connectivity index (χ0) is 15.6. The summed E-state index contributed by atoms with van der Waals surface area (Å²) in [6, 6.07) is 7.17. The number of piperazine rings is 1. The molecule has 0 saturated carbocycles. The quantitative estimate of drug-likeness (QED) is 0.904. The number of hydrogen-bond donors (Lipinski definition) is 1. The Morgan fingerprint density at radius 3 is 2.67 bits per heavy atom. The van der Waals surface area contributed by atoms with Crippen LogP contribution in [0.2, 0.25) is 0 Å². The third-order valence-corrected chi connectivity index (χ3v) is 4.02. The van der Waals surface area contributed by atoms with Crippen molar-refractivity contribution in [1.82, 2.24) is 15.1 Å². The van der Waals surface area contributed by atoms with Crippen LogP contribution in [0.5, 0.6) is 0 Å². The average molecular weight is 289 g/mol. The first-order valence-electron chi connectivity index (χ1n) is 7.30. The van der Waals surface area contributed by atoms with Crippen molar-refractivity contribution in [3.63, 3.8) is 0 Å². The van der Waals surface area contributed by atoms with E-state index in [2.05, 4.69) is 5.32 Å². The van der Waals surface area contributed by atoms with Crippen molar-refractivity contribution < 1.29 is 9.59 Å². The molecule has 3 amide bonds. The fraction of sp³-hybridized carbons (Fsp3) is 0.500. The number of nitrogens with zero attached hydrogens (tertiary/aromatic N) is 2. The minimum absolute atomic E-state index is 0.0972. The maximum absolute atomic E-state index is 12.7. The molecule has 1 N–H and O–H groups in total. The van der Waals surface area contributed by atoms with Crippen LogP contribution in [0, 0.1) is 6.92 Å². The molecule has 5 heteroatoms. The summed E-state index contributed by atoms with van der Waals surface area (Å²) in [4.78, 5) is 28.3. The van der Waals surface area contributed by atoms with Gasteiger partial charge in [-0.1, -0.05) is 24.3 Å². The molecular weight excluding hydrogens is 266 g/mol. The van der Waals surface area contributed by atoms with Crippen LogP contribution in [0.25, 0.3) is 0 Å². The van der Waals surface area contributed by atoms with E-state index in [1.165, 1.54) is 0 Å². The zero-order valence-electron chi connectivity index (χ0n) is 13.1. The lowest BCUT2D eigenvalue weighted by Crippen LogP contribution is -2.56. The molecule has 2 rings (SSSR count). The van der Waals surface area contributed by atoms with Gasteiger partial charge in [0.25, 0.3) is 0 Å². The fourth-order valence-corrected chi connectivity index (χ4v) is 2.50. The van der Waals surface area contributed by atoms with Gasteiger partial charge in [-0.2, -0.15) is 0 Å². The molecule has 5 nitrogen and oxygen atoms in total. The highest BCUT2D eigenvalue weighted by Crippen LogP contribution is 2.27. The first kappa shape index (κ1) is 15.4. The van der Waals surface area contributed by atoms with E-state index in [1.807, 2.05) is 45.0 Å². The van der Waals surface area contributed by atoms with E-state index >= 15 is 0 Å². The van der Waals surface area contributed by atoms with E-state index in [0.29, 0.717) is 13.1 Å². The number of aryl methyl sites for hydroxylation is 1. The normalized spacial score (nSPS) is 18.6. The lowest BCUT2D eigenvalue weighted by Gasteiger charge is -2.39. The number of carbonyl (C=O) groups excluding carboxylic acids is 2. The van der Waals surface area contributed by atoms with E-state index in [0.717, 1.165) is 11.1 Å². The largest absolute Gasteiger partial charge is 0.352 e. The van der Waals surface area contributed by atoms with Crippen molar-refractivity contribution in [3.8, 4) is 0 Å². The minimum atomic E-state index is -0.548. The second-order valence-corrected chi connectivity index (χ2v) is 5.73. The third kappa shape index (κ3) is 3.01. The molecule has 0 unspecified atom stereocenters. The molecule has 1 aromatic carbocycles. The minimum Gasteiger partial charge on any atom is -0.352 e. The molecule has 0 aromatic heterocycles. The van der Waals surface area contributed by atoms with E-state index in [4.69, 9.17) is 0 Å². The molecule has 1 aliphatic heterocycles. The Balaban J connectivity index is 2.36. The van der Waals surface area contributed by atoms with Crippen molar-refractivity contribution >= 4 is 11.9 Å². The Morgan fingerprint density at radius 1 is 1.38 bits per heavy atom. The molecule has 0 spiro atoms. The molecule has 1 saturated heterocycles. The van der Waals surface area contributed by atoms with Gasteiger partial charge in [0.1, 0.15) is 6.04 Å². The van der Waals surface area contributed by atoms with Crippen LogP contribution in [0.3, 0.4) is 0 Å². The van der Waals surface area contributed by atoms with Crippen LogP contribution >= 0.6 is 0 Å². The molecule has 114 valence electrons. The second kappa shape index (κ2) is 6.16. The Bertz CT molecular complexity index is 542. The van der Waals surface area contributed by atoms with Gasteiger partial charge in [0.05, 0.1) is 0 Å². The van der Waals surface area contributed by atoms with E-state index in [-0.39, 0.29) is 18.0 Å². The van der Waals surface area contributed by atoms with Crippen LogP contribution in [-0.2, 0) is 4.79 Å². The van der Waals surface area contributed by atoms with Gasteiger partial charge in [0.2, 0.25) is 5.91 Å². The summed E-state index contributed by atoms with van der Waals surface area (Å²) in [5, 5.41) is 2.86. The van der Waals surface area contributed by atoms with Crippen molar-refractivity contribution in [2.45, 2.75) is 32.9 Å². The predicted molar refractivity (Wildman–Crippen MR) is 81.9 cm³/mol. The molecule has 0 radical (unpaired) electrons. The highest BCUT2D eigenvalue weighted by Gasteiger charge is 2.36. The number of hydrogen-bond acceptors (Lipinski definition) is 2. The van der Waals surface area contributed by atoms with Crippen molar-refractivity contribution in [2.24, 2.45) is 0 Å². The van der Waals surface area contributed by atoms with Crippen molar-refractivity contribution in [2.75, 3.05) is 20.1 Å². The highest BCUT2D eigenvalue weighted by molar-refractivity contribution is 5.89. The number of rotatable bonds is 2. The van der Waals surface area contributed by atoms with Gasteiger partial charge in [-0.25, -0.2) is 4.79 Å². The average Bonchev–Trinajstić information content (AvgIpc) is 2.46. The summed E-state index contributed by atoms with van der Waals surface area (Å²) in [5.74, 6) is -0.110. The summed E-state index contributed by atoms with van der Waals surface area (Å²) in [5.41, 5.74) is 1.91. The van der Waals surface area contributed by atoms with Crippen LogP contribution in [0.1, 0.15) is 31.0 Å². The molecule has 1 heterocycles. The van der Waals surface area contributed by atoms with Gasteiger partial charge < -0.3 is 15.1 Å². The summed E-state index contributed by atoms with van der Waals surface area (Å²) in [7, 11) is 1.77. The molecule has 0 aliphatic carbocycles. The summed E-state index contributed by atoms with van der Waals surface area (Å²) in [6.07, 6.45) is 0. The Labute approximate surface area is 125 Å². The predicted octanol–water partition coefficient (Wildman–Crippen LogP) is 1.93. The van der Waals surface area contributed by atoms with Crippen LogP contribution < -0.4 is 5.32 Å². The summed E-state index contributed by atoms with van der Waals surface area (Å²) >= 11 is 0. The van der Waals surface area contributed by atoms with Gasteiger partial charge >= 0.3 is 6.03 Å². The number of carbonyl (C=O) groups is 2. The summed E-state index contributed by atoms with van der Waals surface area (Å²) < 4.78 is 0. The van der Waals surface area contributed by atoms with E-state index in [1.54, 1.807) is 16.8 Å². The van der Waals surface area contributed by atoms with Gasteiger partial charge in [0.15, 0.2) is 0 Å². The second-order valence-electron chi connectivity index (χ2n) is 5.73. The number of urea groups is 1. The first-order valence-corrected chi connectivity index (χ1v) is 7.30. The third-order valence-electron chi connectivity index (χ3n) is 4.02. The topological polar surface area (TPSA) is 52.7 Å². The molecular formula is C16H23N3O2. The number of benzene rings is 1. The Morgan fingerprint density at radius 2 is 2.05 bits per heavy atom. The van der Waals surface area contributed by atoms with Gasteiger partial charge in [-0.3, -0.25) is 4.79 Å². The smallest absolute Gasteiger partial charge is 0.320 e. The monoisotopic (exact) mass is 289 g/mol. The molecule has 1 aliphatic rings. The van der Waals surface area contributed by atoms with E-state index < -0.39 is 6.04 Å². The maximum Gasteiger partial charge on any atom is 0.320 e. The molecule has 0 bridgehead atoms. The SMILES string of the molecule is Cc1ccccc1[C@@H]1C(=O)NCCN1C(=O)N(C)C(C)C. The Hall–Kier alpha value is -2.04. The first-order chi connectivity index (χ1) is 9.93. The van der Waals surface area contributed by atoms with Crippen molar-refractivity contribution in [3.05, 3.63) is 35.4 Å². The highest BCUT2D eigenvalue weighted by atomic mass is 16.2. The van der Waals surface area contributed by atoms with Gasteiger partial charge in [-0.15, -0.1) is 0 Å². The molecule has 21 heavy (non-hydrogen) atoms. The van der Waals surface area contributed by atoms with Crippen molar-refractivity contribution in [1.29, 1.82) is 0 Å². The van der Waals surface area contributed by atoms with Crippen LogP contribution in [0.4, 0.5) is 4.79 Å². The zero-order valence-corrected chi connectivity index (χ0v) is 13.1. The molecule has 1 atom stereocenters. The Kier molecular flexibility index (Phi) is 4.50. The molecule has 1 aromatic rings. The lowest BCUT2D eigenvalue weighted by molar-refractivity contribution is -0.128. The summed E-state index contributed by atoms with van der Waals surface area (Å²) in [6.45, 7) is 6.92. The molecule has 1 fully saturated rings. The fourth-order valence-electron chi connectivity index (χ4n) is 2.50. The maximum atomic E-state index is 12.7. The standard InChI is InChI=1S/C16H23N3O2/c1-11(2)18(4)16(21)19-10-9-17-15(20)14(19)13-8-6-5-7-12(13)3/h5-8,11,14H,9-10H2,1-4H3,(H,17,20)/t14-/m1/s1. The van der Waals surface area contributed by atoms with Crippen LogP contribution in [-0.4, -0.2) is 47.9 Å². The number of nitrogens with one attached hydrogen (secondary N) is 1. The van der Waals surface area contributed by atoms with Gasteiger partial charge in [0, 0.05) is 26.2 Å². The van der Waals surface area contributed by atoms with Gasteiger partial charge in [-0.05, 0) is 31.9 Å².